The zero-order chi connectivity index (χ0) is 51.4. The molecule has 24 nitrogen and oxygen atoms in total. The van der Waals surface area contributed by atoms with E-state index >= 15 is 0 Å². The van der Waals surface area contributed by atoms with Crippen molar-refractivity contribution in [2.45, 2.75) is 83.2 Å². The maximum Gasteiger partial charge on any atom is 0.407 e. The number of methoxy groups -OCH3 is 4. The van der Waals surface area contributed by atoms with E-state index < -0.39 is 48.6 Å². The van der Waals surface area contributed by atoms with Crippen LogP contribution in [0.4, 0.5) is 4.79 Å². The maximum absolute atomic E-state index is 14.2. The number of alkyl carbamates (subject to hydrolysis) is 1. The number of carbonyl (C=O) groups is 5. The van der Waals surface area contributed by atoms with E-state index in [9.17, 15) is 29.1 Å². The fourth-order valence-corrected chi connectivity index (χ4v) is 9.14. The number of likely N-dealkylation sites (tertiary alicyclic amines) is 2. The molecule has 4 aromatic heterocycles. The minimum atomic E-state index is -1.36. The first-order chi connectivity index (χ1) is 34.6. The first-order valence-electron chi connectivity index (χ1n) is 23.3. The van der Waals surface area contributed by atoms with Crippen LogP contribution in [0, 0.1) is 11.8 Å². The number of nitrogens with one attached hydrogen (secondary N) is 4. The van der Waals surface area contributed by atoms with Crippen molar-refractivity contribution in [3.8, 4) is 33.6 Å². The Morgan fingerprint density at radius 3 is 1.43 bits per heavy atom. The van der Waals surface area contributed by atoms with Crippen molar-refractivity contribution in [3.05, 3.63) is 96.4 Å². The highest BCUT2D eigenvalue weighted by atomic mass is 16.6. The number of nitrogens with zero attached hydrogens (tertiary/aromatic N) is 10. The number of hydrogen-bond donors (Lipinski definition) is 5. The van der Waals surface area contributed by atoms with E-state index in [1.165, 1.54) is 40.8 Å². The Kier molecular flexibility index (Phi) is 15.2. The highest BCUT2D eigenvalue weighted by Gasteiger charge is 2.44. The number of hydrogen-bond acceptors (Lipinski definition) is 17. The number of aromatic amines is 2. The molecule has 8 rings (SSSR count). The van der Waals surface area contributed by atoms with Crippen LogP contribution in [0.3, 0.4) is 0 Å². The molecule has 72 heavy (non-hydrogen) atoms. The molecule has 0 aliphatic carbocycles. The van der Waals surface area contributed by atoms with E-state index in [1.54, 1.807) is 31.6 Å². The molecule has 0 saturated carbocycles. The summed E-state index contributed by atoms with van der Waals surface area (Å²) in [4.78, 5) is 84.8. The summed E-state index contributed by atoms with van der Waals surface area (Å²) in [6.45, 7) is 7.85. The highest BCUT2D eigenvalue weighted by Crippen LogP contribution is 2.40. The summed E-state index contributed by atoms with van der Waals surface area (Å²) in [5, 5.41) is 32.1. The Bertz CT molecular complexity index is 2870. The molecule has 1 unspecified atom stereocenters. The lowest BCUT2D eigenvalue weighted by Gasteiger charge is -2.31. The van der Waals surface area contributed by atoms with Gasteiger partial charge in [-0.3, -0.25) is 14.9 Å². The second-order valence-electron chi connectivity index (χ2n) is 18.3. The van der Waals surface area contributed by atoms with Crippen molar-refractivity contribution in [1.29, 1.82) is 0 Å². The molecular formula is C48H58N14O10. The summed E-state index contributed by atoms with van der Waals surface area (Å²) >= 11 is 0. The van der Waals surface area contributed by atoms with Crippen LogP contribution in [0.15, 0.2) is 73.3 Å². The van der Waals surface area contributed by atoms with E-state index in [0.717, 1.165) is 33.6 Å². The Morgan fingerprint density at radius 2 is 1.04 bits per heavy atom. The molecule has 5 N–H and O–H groups in total. The van der Waals surface area contributed by atoms with Gasteiger partial charge in [0, 0.05) is 20.2 Å². The molecule has 0 radical (unpaired) electrons. The van der Waals surface area contributed by atoms with Gasteiger partial charge in [-0.2, -0.15) is 0 Å². The van der Waals surface area contributed by atoms with Crippen LogP contribution in [0.2, 0.25) is 0 Å². The molecule has 6 aromatic rings. The molecule has 0 bridgehead atoms. The molecule has 3 amide bonds. The topological polar surface area (TPSA) is 292 Å². The number of aliphatic hydroxyl groups excluding tert-OH is 1. The Morgan fingerprint density at radius 1 is 0.625 bits per heavy atom. The summed E-state index contributed by atoms with van der Waals surface area (Å²) in [5.41, 5.74) is 5.20. The van der Waals surface area contributed by atoms with E-state index in [0.29, 0.717) is 24.5 Å². The monoisotopic (exact) mass is 990 g/mol. The number of ether oxygens (including phenoxy) is 4. The van der Waals surface area contributed by atoms with Crippen molar-refractivity contribution in [2.75, 3.05) is 41.5 Å². The van der Waals surface area contributed by atoms with Gasteiger partial charge in [-0.05, 0) is 46.9 Å². The molecule has 24 heteroatoms. The molecule has 0 spiro atoms. The summed E-state index contributed by atoms with van der Waals surface area (Å²) in [6.07, 6.45) is 5.15. The maximum atomic E-state index is 14.2. The number of rotatable bonds is 17. The Hall–Kier alpha value is -7.83. The van der Waals surface area contributed by atoms with Gasteiger partial charge in [0.15, 0.2) is 11.4 Å². The lowest BCUT2D eigenvalue weighted by atomic mass is 10.0. The second kappa shape index (κ2) is 21.7. The second-order valence-corrected chi connectivity index (χ2v) is 18.3. The number of aromatic nitrogens is 10. The van der Waals surface area contributed by atoms with E-state index in [-0.39, 0.29) is 60.2 Å². The third-order valence-electron chi connectivity index (χ3n) is 13.1. The molecule has 6 heterocycles. The number of carbonyl (C=O) groups excluding carboxylic acids is 5. The molecular weight excluding hydrogens is 933 g/mol. The van der Waals surface area contributed by atoms with Crippen LogP contribution in [-0.2, 0) is 28.5 Å². The average molecular weight is 991 g/mol. The highest BCUT2D eigenvalue weighted by molar-refractivity contribution is 5.88. The van der Waals surface area contributed by atoms with Gasteiger partial charge in [0.1, 0.15) is 17.7 Å². The molecule has 2 saturated heterocycles. The summed E-state index contributed by atoms with van der Waals surface area (Å²) in [5.74, 6) is -1.23. The SMILES string of the molecule is COC(=O)N[C@H](C(=O)N1C[C@@H](n2cc(C(=O)OC)nn2)C[C@H]1c1ncc(-c2ccc(-c3ccc(-c4cnc([C@@H]5C[C@H](n6cc(C(=O)OC)nn6)CN5C(=O)[C@@H](NC(O)OC)C(C)C)[nH]4)cc3)cc2)[nH]1)C(C)C. The number of H-pyrrole nitrogens is 2. The summed E-state index contributed by atoms with van der Waals surface area (Å²) < 4.78 is 22.6. The van der Waals surface area contributed by atoms with Crippen molar-refractivity contribution >= 4 is 29.8 Å². The van der Waals surface area contributed by atoms with Gasteiger partial charge in [0.25, 0.3) is 0 Å². The van der Waals surface area contributed by atoms with Crippen molar-refractivity contribution < 1.29 is 48.0 Å². The van der Waals surface area contributed by atoms with Crippen molar-refractivity contribution in [3.63, 3.8) is 0 Å². The lowest BCUT2D eigenvalue weighted by molar-refractivity contribution is -0.145. The van der Waals surface area contributed by atoms with Crippen molar-refractivity contribution in [1.82, 2.24) is 70.4 Å². The summed E-state index contributed by atoms with van der Waals surface area (Å²) in [7, 11) is 5.10. The molecule has 2 aromatic carbocycles. The lowest BCUT2D eigenvalue weighted by Crippen LogP contribution is -2.53. The van der Waals surface area contributed by atoms with Gasteiger partial charge in [-0.15, -0.1) is 10.2 Å². The molecule has 380 valence electrons. The largest absolute Gasteiger partial charge is 0.464 e. The molecule has 2 aliphatic rings. The fourth-order valence-electron chi connectivity index (χ4n) is 9.14. The first kappa shape index (κ1) is 50.6. The van der Waals surface area contributed by atoms with E-state index in [1.807, 2.05) is 76.2 Å². The number of benzene rings is 2. The van der Waals surface area contributed by atoms with Crippen molar-refractivity contribution in [2.24, 2.45) is 11.8 Å². The smallest absolute Gasteiger partial charge is 0.407 e. The predicted molar refractivity (Wildman–Crippen MR) is 255 cm³/mol. The number of esters is 2. The molecule has 7 atom stereocenters. The quantitative estimate of drug-likeness (QED) is 0.0493. The van der Waals surface area contributed by atoms with Gasteiger partial charge in [-0.25, -0.2) is 33.7 Å². The van der Waals surface area contributed by atoms with Crippen LogP contribution in [0.1, 0.15) is 97.3 Å². The third kappa shape index (κ3) is 10.6. The minimum absolute atomic E-state index is 0.0368. The molecule has 2 fully saturated rings. The average Bonchev–Trinajstić information content (AvgIpc) is 4.26. The Labute approximate surface area is 413 Å². The zero-order valence-corrected chi connectivity index (χ0v) is 41.0. The summed E-state index contributed by atoms with van der Waals surface area (Å²) in [6, 6.07) is 12.5. The van der Waals surface area contributed by atoms with Crippen LogP contribution in [0.25, 0.3) is 33.6 Å². The third-order valence-corrected chi connectivity index (χ3v) is 13.1. The number of imidazole rings is 2. The number of amides is 3. The minimum Gasteiger partial charge on any atom is -0.464 e. The van der Waals surface area contributed by atoms with E-state index in [4.69, 9.17) is 28.9 Å². The fraction of sp³-hybridized carbons (Fsp3) is 0.438. The first-order valence-corrected chi connectivity index (χ1v) is 23.3. The van der Waals surface area contributed by atoms with Gasteiger partial charge in [0.05, 0.1) is 87.7 Å². The van der Waals surface area contributed by atoms with Gasteiger partial charge in [0.2, 0.25) is 18.2 Å². The van der Waals surface area contributed by atoms with Crippen LogP contribution in [0.5, 0.6) is 0 Å². The standard InChI is InChI=1S/C48H58N14O10/c1-25(2)39(53-47(67)71-7)43(63)59-21-31(61-23-35(55-57-61)45(65)69-5)17-37(59)41-49-19-33(51-41)29-13-9-27(10-14-29)28-11-15-30(16-12-28)34-20-50-42(52-34)38-18-32(62-24-36(56-58-62)46(66)70-6)22-60(38)44(64)40(26(3)4)54-48(68)72-8/h9-16,19-20,23-26,31-32,37-40,47,53,67H,17-18,21-22H2,1-8H3,(H,49,51)(H,50,52)(H,54,68)/t31-,32-,37-,38-,39-,40-,47?/m0/s1. The van der Waals surface area contributed by atoms with Gasteiger partial charge >= 0.3 is 18.0 Å². The van der Waals surface area contributed by atoms with Crippen LogP contribution < -0.4 is 10.6 Å². The van der Waals surface area contributed by atoms with Crippen LogP contribution in [-0.4, -0.2) is 155 Å². The van der Waals surface area contributed by atoms with Gasteiger partial charge in [-0.1, -0.05) is 86.7 Å². The predicted octanol–water partition coefficient (Wildman–Crippen LogP) is 3.84. The van der Waals surface area contributed by atoms with E-state index in [2.05, 4.69) is 41.2 Å². The normalized spacial score (nSPS) is 19.1. The molecule has 2 aliphatic heterocycles. The van der Waals surface area contributed by atoms with Gasteiger partial charge < -0.3 is 49.1 Å². The van der Waals surface area contributed by atoms with Crippen LogP contribution >= 0.6 is 0 Å². The zero-order valence-electron chi connectivity index (χ0n) is 41.0. The Balaban J connectivity index is 0.988. The number of aliphatic hydroxyl groups is 1.